The second-order valence-corrected chi connectivity index (χ2v) is 7.29. The molecule has 1 atom stereocenters. The number of benzene rings is 3. The maximum Gasteiger partial charge on any atom is 0.0917 e. The summed E-state index contributed by atoms with van der Waals surface area (Å²) in [4.78, 5) is 2.42. The Hall–Kier alpha value is -1.61. The number of hydrogen-bond acceptors (Lipinski definition) is 2. The zero-order chi connectivity index (χ0) is 18.4. The third-order valence-corrected chi connectivity index (χ3v) is 5.24. The Morgan fingerprint density at radius 3 is 2.15 bits per heavy atom. The minimum atomic E-state index is -0.431. The van der Waals surface area contributed by atoms with Crippen LogP contribution in [-0.2, 0) is 0 Å². The van der Waals surface area contributed by atoms with Gasteiger partial charge in [-0.25, -0.2) is 0 Å². The molecule has 146 valence electrons. The van der Waals surface area contributed by atoms with Crippen LogP contribution in [0.2, 0.25) is 0 Å². The van der Waals surface area contributed by atoms with Crippen molar-refractivity contribution in [2.24, 2.45) is 0 Å². The molecule has 0 heterocycles. The first-order chi connectivity index (χ1) is 12.7. The SMILES string of the molecule is CCCCN(CCCC)CC(O)c1ccc2c(ccc3ccccc32)c1.Cl. The van der Waals surface area contributed by atoms with E-state index in [-0.39, 0.29) is 12.4 Å². The largest absolute Gasteiger partial charge is 0.387 e. The fourth-order valence-electron chi connectivity index (χ4n) is 3.65. The van der Waals surface area contributed by atoms with Gasteiger partial charge in [-0.15, -0.1) is 12.4 Å². The molecule has 3 aromatic carbocycles. The van der Waals surface area contributed by atoms with Crippen LogP contribution in [0.25, 0.3) is 21.5 Å². The van der Waals surface area contributed by atoms with E-state index >= 15 is 0 Å². The predicted octanol–water partition coefficient (Wildman–Crippen LogP) is 6.35. The quantitative estimate of drug-likeness (QED) is 0.434. The predicted molar refractivity (Wildman–Crippen MR) is 120 cm³/mol. The smallest absolute Gasteiger partial charge is 0.0917 e. The summed E-state index contributed by atoms with van der Waals surface area (Å²) in [5.41, 5.74) is 1.02. The zero-order valence-electron chi connectivity index (χ0n) is 16.5. The lowest BCUT2D eigenvalue weighted by Crippen LogP contribution is -2.30. The summed E-state index contributed by atoms with van der Waals surface area (Å²) in [6.45, 7) is 7.32. The highest BCUT2D eigenvalue weighted by molar-refractivity contribution is 6.07. The molecule has 0 fully saturated rings. The lowest BCUT2D eigenvalue weighted by molar-refractivity contribution is 0.111. The maximum absolute atomic E-state index is 10.8. The van der Waals surface area contributed by atoms with Crippen LogP contribution in [-0.4, -0.2) is 29.6 Å². The van der Waals surface area contributed by atoms with Crippen LogP contribution >= 0.6 is 12.4 Å². The number of hydrogen-bond donors (Lipinski definition) is 1. The van der Waals surface area contributed by atoms with Crippen LogP contribution < -0.4 is 0 Å². The van der Waals surface area contributed by atoms with E-state index in [9.17, 15) is 5.11 Å². The monoisotopic (exact) mass is 385 g/mol. The van der Waals surface area contributed by atoms with Gasteiger partial charge in [0.2, 0.25) is 0 Å². The highest BCUT2D eigenvalue weighted by Gasteiger charge is 2.14. The molecular weight excluding hydrogens is 354 g/mol. The molecule has 3 rings (SSSR count). The summed E-state index contributed by atoms with van der Waals surface area (Å²) < 4.78 is 0. The van der Waals surface area contributed by atoms with Crippen molar-refractivity contribution in [3.05, 3.63) is 60.2 Å². The molecule has 1 N–H and O–H groups in total. The Balaban J connectivity index is 0.00000261. The number of aliphatic hydroxyl groups is 1. The van der Waals surface area contributed by atoms with Gasteiger partial charge in [-0.2, -0.15) is 0 Å². The van der Waals surface area contributed by atoms with Gasteiger partial charge in [0.15, 0.2) is 0 Å². The van der Waals surface area contributed by atoms with Crippen molar-refractivity contribution in [2.75, 3.05) is 19.6 Å². The lowest BCUT2D eigenvalue weighted by atomic mass is 9.98. The molecule has 0 spiro atoms. The Morgan fingerprint density at radius 1 is 0.815 bits per heavy atom. The van der Waals surface area contributed by atoms with E-state index in [1.165, 1.54) is 47.2 Å². The Labute approximate surface area is 169 Å². The first-order valence-corrected chi connectivity index (χ1v) is 10.0. The molecule has 2 nitrogen and oxygen atoms in total. The molecule has 0 aliphatic carbocycles. The van der Waals surface area contributed by atoms with E-state index in [1.807, 2.05) is 0 Å². The highest BCUT2D eigenvalue weighted by atomic mass is 35.5. The van der Waals surface area contributed by atoms with E-state index in [4.69, 9.17) is 0 Å². The number of nitrogens with zero attached hydrogens (tertiary/aromatic N) is 1. The van der Waals surface area contributed by atoms with Gasteiger partial charge in [-0.3, -0.25) is 0 Å². The summed E-state index contributed by atoms with van der Waals surface area (Å²) in [7, 11) is 0. The highest BCUT2D eigenvalue weighted by Crippen LogP contribution is 2.28. The first-order valence-electron chi connectivity index (χ1n) is 10.0. The zero-order valence-corrected chi connectivity index (χ0v) is 17.3. The topological polar surface area (TPSA) is 23.5 Å². The van der Waals surface area contributed by atoms with Crippen molar-refractivity contribution in [1.29, 1.82) is 0 Å². The van der Waals surface area contributed by atoms with Crippen molar-refractivity contribution >= 4 is 34.0 Å². The standard InChI is InChI=1S/C24H31NO.ClH/c1-3-5-15-25(16-6-4-2)18-24(26)21-13-14-23-20(17-21)12-11-19-9-7-8-10-22(19)23;/h7-14,17,24,26H,3-6,15-16,18H2,1-2H3;1H. The third kappa shape index (κ3) is 5.44. The number of rotatable bonds is 9. The van der Waals surface area contributed by atoms with Gasteiger partial charge in [0.05, 0.1) is 6.10 Å². The van der Waals surface area contributed by atoms with Crippen LogP contribution in [0.5, 0.6) is 0 Å². The number of unbranched alkanes of at least 4 members (excludes halogenated alkanes) is 2. The van der Waals surface area contributed by atoms with Gasteiger partial charge in [-0.05, 0) is 59.1 Å². The van der Waals surface area contributed by atoms with Crippen molar-refractivity contribution < 1.29 is 5.11 Å². The summed E-state index contributed by atoms with van der Waals surface area (Å²) in [5.74, 6) is 0. The van der Waals surface area contributed by atoms with E-state index in [1.54, 1.807) is 0 Å². The minimum absolute atomic E-state index is 0. The fourth-order valence-corrected chi connectivity index (χ4v) is 3.65. The molecule has 0 saturated heterocycles. The summed E-state index contributed by atoms with van der Waals surface area (Å²) in [6, 6.07) is 19.2. The summed E-state index contributed by atoms with van der Waals surface area (Å²) >= 11 is 0. The molecule has 0 aliphatic rings. The van der Waals surface area contributed by atoms with Crippen LogP contribution in [0.4, 0.5) is 0 Å². The molecule has 1 unspecified atom stereocenters. The van der Waals surface area contributed by atoms with Crippen molar-refractivity contribution in [3.8, 4) is 0 Å². The fraction of sp³-hybridized carbons (Fsp3) is 0.417. The molecule has 0 aliphatic heterocycles. The van der Waals surface area contributed by atoms with E-state index in [2.05, 4.69) is 73.3 Å². The Bertz CT molecular complexity index is 840. The molecule has 27 heavy (non-hydrogen) atoms. The third-order valence-electron chi connectivity index (χ3n) is 5.24. The van der Waals surface area contributed by atoms with Gasteiger partial charge in [0.1, 0.15) is 0 Å². The average Bonchev–Trinajstić information content (AvgIpc) is 2.69. The maximum atomic E-state index is 10.8. The van der Waals surface area contributed by atoms with Crippen LogP contribution in [0.1, 0.15) is 51.2 Å². The minimum Gasteiger partial charge on any atom is -0.387 e. The van der Waals surface area contributed by atoms with Crippen molar-refractivity contribution in [1.82, 2.24) is 4.90 Å². The van der Waals surface area contributed by atoms with Gasteiger partial charge in [0.25, 0.3) is 0 Å². The van der Waals surface area contributed by atoms with Crippen molar-refractivity contribution in [2.45, 2.75) is 45.6 Å². The lowest BCUT2D eigenvalue weighted by Gasteiger charge is -2.25. The number of halogens is 1. The van der Waals surface area contributed by atoms with E-state index in [0.717, 1.165) is 25.2 Å². The molecule has 0 saturated carbocycles. The summed E-state index contributed by atoms with van der Waals surface area (Å²) in [5, 5.41) is 15.8. The average molecular weight is 386 g/mol. The molecule has 3 aromatic rings. The molecule has 0 radical (unpaired) electrons. The second kappa shape index (κ2) is 10.7. The van der Waals surface area contributed by atoms with Crippen LogP contribution in [0, 0.1) is 0 Å². The Morgan fingerprint density at radius 2 is 1.44 bits per heavy atom. The van der Waals surface area contributed by atoms with E-state index < -0.39 is 6.10 Å². The normalized spacial score (nSPS) is 12.4. The van der Waals surface area contributed by atoms with Crippen LogP contribution in [0.15, 0.2) is 54.6 Å². The van der Waals surface area contributed by atoms with Gasteiger partial charge in [-0.1, -0.05) is 75.2 Å². The number of fused-ring (bicyclic) bond motifs is 3. The molecule has 0 amide bonds. The molecule has 0 bridgehead atoms. The molecule has 0 aromatic heterocycles. The first kappa shape index (κ1) is 21.7. The second-order valence-electron chi connectivity index (χ2n) is 7.29. The van der Waals surface area contributed by atoms with Crippen molar-refractivity contribution in [3.63, 3.8) is 0 Å². The summed E-state index contributed by atoms with van der Waals surface area (Å²) in [6.07, 6.45) is 4.35. The van der Waals surface area contributed by atoms with E-state index in [0.29, 0.717) is 0 Å². The number of aliphatic hydroxyl groups excluding tert-OH is 1. The molecular formula is C24H32ClNO. The van der Waals surface area contributed by atoms with Gasteiger partial charge >= 0.3 is 0 Å². The van der Waals surface area contributed by atoms with Gasteiger partial charge < -0.3 is 10.0 Å². The Kier molecular flexibility index (Phi) is 8.56. The van der Waals surface area contributed by atoms with Crippen LogP contribution in [0.3, 0.4) is 0 Å². The van der Waals surface area contributed by atoms with Gasteiger partial charge in [0, 0.05) is 6.54 Å². The molecule has 3 heteroatoms.